The van der Waals surface area contributed by atoms with Crippen LogP contribution in [-0.2, 0) is 4.79 Å². The Labute approximate surface area is 97.0 Å². The molecular weight excluding hydrogens is 233 g/mol. The zero-order valence-corrected chi connectivity index (χ0v) is 9.27. The van der Waals surface area contributed by atoms with E-state index in [0.717, 1.165) is 0 Å². The molecule has 0 aliphatic carbocycles. The van der Waals surface area contributed by atoms with Gasteiger partial charge >= 0.3 is 6.18 Å². The third-order valence-electron chi connectivity index (χ3n) is 1.92. The van der Waals surface area contributed by atoms with Gasteiger partial charge in [-0.1, -0.05) is 6.07 Å². The second kappa shape index (κ2) is 5.56. The van der Waals surface area contributed by atoms with Crippen LogP contribution < -0.4 is 10.6 Å². The van der Waals surface area contributed by atoms with E-state index in [1.54, 1.807) is 24.3 Å². The molecule has 2 N–H and O–H groups in total. The quantitative estimate of drug-likeness (QED) is 0.857. The lowest BCUT2D eigenvalue weighted by Gasteiger charge is -2.10. The van der Waals surface area contributed by atoms with Crippen molar-refractivity contribution in [2.45, 2.75) is 19.5 Å². The molecule has 0 aliphatic heterocycles. The number of hydrogen-bond donors (Lipinski definition) is 2. The van der Waals surface area contributed by atoms with Gasteiger partial charge < -0.3 is 10.6 Å². The van der Waals surface area contributed by atoms with Crippen molar-refractivity contribution in [1.29, 1.82) is 0 Å². The van der Waals surface area contributed by atoms with Crippen molar-refractivity contribution < 1.29 is 18.0 Å². The van der Waals surface area contributed by atoms with Crippen molar-refractivity contribution in [1.82, 2.24) is 0 Å². The molecule has 0 saturated carbocycles. The molecule has 3 nitrogen and oxygen atoms in total. The molecule has 0 radical (unpaired) electrons. The van der Waals surface area contributed by atoms with Gasteiger partial charge in [-0.15, -0.1) is 0 Å². The number of anilines is 2. The van der Waals surface area contributed by atoms with Crippen molar-refractivity contribution in [3.8, 4) is 0 Å². The molecule has 0 spiro atoms. The first-order chi connectivity index (χ1) is 7.87. The molecule has 0 fully saturated rings. The number of nitrogens with one attached hydrogen (secondary N) is 2. The summed E-state index contributed by atoms with van der Waals surface area (Å²) in [4.78, 5) is 10.8. The summed E-state index contributed by atoms with van der Waals surface area (Å²) in [6.45, 7) is 1.18. The van der Waals surface area contributed by atoms with Gasteiger partial charge in [-0.25, -0.2) is 0 Å². The van der Waals surface area contributed by atoms with E-state index < -0.39 is 12.6 Å². The summed E-state index contributed by atoms with van der Waals surface area (Å²) in [6.07, 6.45) is -5.06. The summed E-state index contributed by atoms with van der Waals surface area (Å²) >= 11 is 0. The monoisotopic (exact) mass is 246 g/mol. The molecule has 0 unspecified atom stereocenters. The van der Waals surface area contributed by atoms with Gasteiger partial charge in [-0.2, -0.15) is 13.2 Å². The van der Waals surface area contributed by atoms with Crippen LogP contribution in [0.1, 0.15) is 13.3 Å². The van der Waals surface area contributed by atoms with E-state index in [4.69, 9.17) is 0 Å². The number of amides is 1. The molecule has 0 saturated heterocycles. The highest BCUT2D eigenvalue weighted by Gasteiger charge is 2.25. The van der Waals surface area contributed by atoms with Gasteiger partial charge in [-0.05, 0) is 18.2 Å². The highest BCUT2D eigenvalue weighted by Crippen LogP contribution is 2.20. The van der Waals surface area contributed by atoms with Gasteiger partial charge in [0.15, 0.2) is 0 Å². The molecule has 6 heteroatoms. The van der Waals surface area contributed by atoms with E-state index in [1.807, 2.05) is 0 Å². The van der Waals surface area contributed by atoms with Crippen LogP contribution in [0.25, 0.3) is 0 Å². The molecule has 17 heavy (non-hydrogen) atoms. The van der Waals surface area contributed by atoms with Gasteiger partial charge in [0.2, 0.25) is 5.91 Å². The molecule has 1 rings (SSSR count). The molecule has 94 valence electrons. The molecule has 0 aromatic heterocycles. The SMILES string of the molecule is CC(=O)Nc1cccc(NCCC(F)(F)F)c1. The zero-order chi connectivity index (χ0) is 12.9. The van der Waals surface area contributed by atoms with Crippen molar-refractivity contribution in [3.63, 3.8) is 0 Å². The lowest BCUT2D eigenvalue weighted by molar-refractivity contribution is -0.131. The highest BCUT2D eigenvalue weighted by atomic mass is 19.4. The lowest BCUT2D eigenvalue weighted by atomic mass is 10.2. The summed E-state index contributed by atoms with van der Waals surface area (Å²) in [6, 6.07) is 6.54. The fraction of sp³-hybridized carbons (Fsp3) is 0.364. The standard InChI is InChI=1S/C11H13F3N2O/c1-8(17)16-10-4-2-3-9(7-10)15-6-5-11(12,13)14/h2-4,7,15H,5-6H2,1H3,(H,16,17). The van der Waals surface area contributed by atoms with Gasteiger partial charge in [0, 0.05) is 24.8 Å². The molecule has 0 atom stereocenters. The second-order valence-electron chi connectivity index (χ2n) is 3.55. The van der Waals surface area contributed by atoms with Gasteiger partial charge in [-0.3, -0.25) is 4.79 Å². The maximum absolute atomic E-state index is 11.9. The lowest BCUT2D eigenvalue weighted by Crippen LogP contribution is -2.14. The average Bonchev–Trinajstić information content (AvgIpc) is 2.15. The molecule has 1 aromatic rings. The fourth-order valence-corrected chi connectivity index (χ4v) is 1.26. The number of carbonyl (C=O) groups is 1. The van der Waals surface area contributed by atoms with Crippen LogP contribution in [0, 0.1) is 0 Å². The van der Waals surface area contributed by atoms with Crippen molar-refractivity contribution in [3.05, 3.63) is 24.3 Å². The molecular formula is C11H13F3N2O. The summed E-state index contributed by atoms with van der Waals surface area (Å²) < 4.78 is 35.7. The Balaban J connectivity index is 2.51. The molecule has 1 aromatic carbocycles. The van der Waals surface area contributed by atoms with Crippen LogP contribution in [0.5, 0.6) is 0 Å². The largest absolute Gasteiger partial charge is 0.390 e. The Morgan fingerprint density at radius 2 is 1.94 bits per heavy atom. The van der Waals surface area contributed by atoms with Crippen LogP contribution in [0.15, 0.2) is 24.3 Å². The normalized spacial score (nSPS) is 11.1. The Bertz CT molecular complexity index is 391. The van der Waals surface area contributed by atoms with Gasteiger partial charge in [0.05, 0.1) is 6.42 Å². The maximum atomic E-state index is 11.9. The number of hydrogen-bond acceptors (Lipinski definition) is 2. The number of halogens is 3. The third-order valence-corrected chi connectivity index (χ3v) is 1.92. The van der Waals surface area contributed by atoms with Gasteiger partial charge in [0.25, 0.3) is 0 Å². The number of alkyl halides is 3. The molecule has 0 bridgehead atoms. The van der Waals surface area contributed by atoms with Crippen LogP contribution >= 0.6 is 0 Å². The van der Waals surface area contributed by atoms with E-state index in [0.29, 0.717) is 11.4 Å². The highest BCUT2D eigenvalue weighted by molar-refractivity contribution is 5.89. The smallest absolute Gasteiger partial charge is 0.385 e. The molecule has 0 heterocycles. The summed E-state index contributed by atoms with van der Waals surface area (Å²) in [5.41, 5.74) is 1.09. The predicted octanol–water partition coefficient (Wildman–Crippen LogP) is 3.01. The Morgan fingerprint density at radius 1 is 1.29 bits per heavy atom. The third kappa shape index (κ3) is 5.79. The molecule has 0 aliphatic rings. The van der Waals surface area contributed by atoms with E-state index in [-0.39, 0.29) is 12.5 Å². The van der Waals surface area contributed by atoms with Crippen molar-refractivity contribution in [2.24, 2.45) is 0 Å². The second-order valence-corrected chi connectivity index (χ2v) is 3.55. The van der Waals surface area contributed by atoms with E-state index >= 15 is 0 Å². The van der Waals surface area contributed by atoms with Crippen LogP contribution in [0.2, 0.25) is 0 Å². The first-order valence-electron chi connectivity index (χ1n) is 5.05. The first kappa shape index (κ1) is 13.3. The van der Waals surface area contributed by atoms with Crippen molar-refractivity contribution in [2.75, 3.05) is 17.2 Å². The Morgan fingerprint density at radius 3 is 2.53 bits per heavy atom. The fourth-order valence-electron chi connectivity index (χ4n) is 1.26. The zero-order valence-electron chi connectivity index (χ0n) is 9.27. The van der Waals surface area contributed by atoms with Crippen LogP contribution in [-0.4, -0.2) is 18.6 Å². The Hall–Kier alpha value is -1.72. The molecule has 1 amide bonds. The van der Waals surface area contributed by atoms with E-state index in [2.05, 4.69) is 10.6 Å². The Kier molecular flexibility index (Phi) is 4.37. The minimum atomic E-state index is -4.16. The topological polar surface area (TPSA) is 41.1 Å². The van der Waals surface area contributed by atoms with Crippen LogP contribution in [0.4, 0.5) is 24.5 Å². The summed E-state index contributed by atoms with van der Waals surface area (Å²) in [5, 5.41) is 5.19. The van der Waals surface area contributed by atoms with Crippen molar-refractivity contribution >= 4 is 17.3 Å². The minimum Gasteiger partial charge on any atom is -0.385 e. The van der Waals surface area contributed by atoms with E-state index in [9.17, 15) is 18.0 Å². The number of rotatable bonds is 4. The summed E-state index contributed by atoms with van der Waals surface area (Å²) in [7, 11) is 0. The average molecular weight is 246 g/mol. The predicted molar refractivity (Wildman–Crippen MR) is 59.9 cm³/mol. The summed E-state index contributed by atoms with van der Waals surface area (Å²) in [5.74, 6) is -0.225. The number of benzene rings is 1. The number of carbonyl (C=O) groups excluding carboxylic acids is 1. The van der Waals surface area contributed by atoms with E-state index in [1.165, 1.54) is 6.92 Å². The first-order valence-corrected chi connectivity index (χ1v) is 5.05. The van der Waals surface area contributed by atoms with Gasteiger partial charge in [0.1, 0.15) is 0 Å². The van der Waals surface area contributed by atoms with Crippen LogP contribution in [0.3, 0.4) is 0 Å². The minimum absolute atomic E-state index is 0.187. The maximum Gasteiger partial charge on any atom is 0.390 e.